The van der Waals surface area contributed by atoms with Crippen LogP contribution in [-0.2, 0) is 13.8 Å². The topological polar surface area (TPSA) is 149 Å². The molecule has 0 saturated carbocycles. The van der Waals surface area contributed by atoms with Gasteiger partial charge in [-0.1, -0.05) is 0 Å². The number of benzene rings is 3. The van der Waals surface area contributed by atoms with E-state index in [-0.39, 0.29) is 5.91 Å². The van der Waals surface area contributed by atoms with Gasteiger partial charge in [0.1, 0.15) is 0 Å². The van der Waals surface area contributed by atoms with Gasteiger partial charge in [-0.3, -0.25) is 4.52 Å². The molecule has 1 aliphatic rings. The average molecular weight is 640 g/mol. The van der Waals surface area contributed by atoms with E-state index in [4.69, 9.17) is 14.5 Å². The second-order valence-corrected chi connectivity index (χ2v) is 16.0. The molecule has 0 bridgehead atoms. The quantitative estimate of drug-likeness (QED) is 0.0891. The van der Waals surface area contributed by atoms with Gasteiger partial charge in [-0.05, 0) is 0 Å². The van der Waals surface area contributed by atoms with Gasteiger partial charge >= 0.3 is 238 Å². The fourth-order valence-corrected chi connectivity index (χ4v) is 11.0. The van der Waals surface area contributed by atoms with Crippen LogP contribution in [0.5, 0.6) is 0 Å². The number of nitrogens with zero attached hydrogens (tertiary/aromatic N) is 1. The van der Waals surface area contributed by atoms with E-state index in [1.54, 1.807) is 18.3 Å². The zero-order valence-electron chi connectivity index (χ0n) is 23.9. The van der Waals surface area contributed by atoms with Crippen LogP contribution in [0.4, 0.5) is 0 Å². The van der Waals surface area contributed by atoms with E-state index in [0.717, 1.165) is 12.6 Å². The number of nitrogens with one attached hydrogen (secondary N) is 1. The van der Waals surface area contributed by atoms with E-state index in [0.29, 0.717) is 12.1 Å². The molecular weight excluding hydrogens is 602 g/mol. The Hall–Kier alpha value is -3.30. The number of phosphoric acid groups is 1. The number of pyridine rings is 1. The molecule has 0 radical (unpaired) electrons. The van der Waals surface area contributed by atoms with Gasteiger partial charge in [-0.2, -0.15) is 0 Å². The Bertz CT molecular complexity index is 1480. The van der Waals surface area contributed by atoms with Gasteiger partial charge in [0.25, 0.3) is 0 Å². The molecule has 1 saturated heterocycles. The first-order valence-electron chi connectivity index (χ1n) is 14.4. The summed E-state index contributed by atoms with van der Waals surface area (Å²) < 4.78 is 22.6. The van der Waals surface area contributed by atoms with Crippen molar-refractivity contribution >= 4 is 36.9 Å². The van der Waals surface area contributed by atoms with Crippen LogP contribution in [-0.4, -0.2) is 63.5 Å². The zero-order chi connectivity index (χ0) is 31.2. The molecule has 5 N–H and O–H groups in total. The summed E-state index contributed by atoms with van der Waals surface area (Å²) in [5, 5.41) is 27.8. The van der Waals surface area contributed by atoms with Crippen molar-refractivity contribution in [1.82, 2.24) is 5.32 Å². The number of phosphoric ester groups is 1. The molecule has 1 aliphatic heterocycles. The van der Waals surface area contributed by atoms with Crippen molar-refractivity contribution in [3.63, 3.8) is 0 Å². The monoisotopic (exact) mass is 639 g/mol. The molecule has 232 valence electrons. The van der Waals surface area contributed by atoms with Crippen LogP contribution in [0.15, 0.2) is 116 Å². The first-order valence-corrected chi connectivity index (χ1v) is 18.1. The van der Waals surface area contributed by atoms with E-state index in [1.165, 1.54) is 26.7 Å². The second kappa shape index (κ2) is 14.2. The first kappa shape index (κ1) is 32.1. The Morgan fingerprint density at radius 3 is 1.91 bits per heavy atom. The Morgan fingerprint density at radius 1 is 0.841 bits per heavy atom. The maximum absolute atomic E-state index is 13.2. The Labute approximate surface area is 256 Å². The van der Waals surface area contributed by atoms with Crippen LogP contribution in [0.25, 0.3) is 0 Å². The predicted molar refractivity (Wildman–Crippen MR) is 169 cm³/mol. The van der Waals surface area contributed by atoms with Gasteiger partial charge in [0.15, 0.2) is 0 Å². The van der Waals surface area contributed by atoms with Crippen LogP contribution in [0.3, 0.4) is 0 Å². The van der Waals surface area contributed by atoms with E-state index < -0.39 is 46.2 Å². The molecule has 5 rings (SSSR count). The van der Waals surface area contributed by atoms with Crippen LogP contribution >= 0.6 is 15.1 Å². The molecule has 4 atom stereocenters. The summed E-state index contributed by atoms with van der Waals surface area (Å²) in [5.74, 6) is -0.305. The molecule has 1 fully saturated rings. The first-order chi connectivity index (χ1) is 21.2. The van der Waals surface area contributed by atoms with Gasteiger partial charge in [-0.25, -0.2) is 4.57 Å². The molecule has 0 spiro atoms. The Balaban J connectivity index is 1.29. The third kappa shape index (κ3) is 7.32. The number of aliphatic hydroxyl groups excluding tert-OH is 2. The number of carbonyl (C=O) groups excluding carboxylic acids is 1. The summed E-state index contributed by atoms with van der Waals surface area (Å²) in [5.41, 5.74) is 0.324. The van der Waals surface area contributed by atoms with Crippen LogP contribution in [0.2, 0.25) is 0 Å². The molecule has 44 heavy (non-hydrogen) atoms. The maximum atomic E-state index is 13.2. The molecule has 12 heteroatoms. The Morgan fingerprint density at radius 2 is 1.39 bits per heavy atom. The van der Waals surface area contributed by atoms with Crippen LogP contribution in [0.1, 0.15) is 23.0 Å². The van der Waals surface area contributed by atoms with E-state index in [9.17, 15) is 19.6 Å². The number of hydrogen-bond acceptors (Lipinski definition) is 6. The molecule has 3 aromatic carbocycles. The fraction of sp³-hybridized carbons (Fsp3) is 0.250. The summed E-state index contributed by atoms with van der Waals surface area (Å²) in [6, 6.07) is 35.0. The molecule has 0 unspecified atom stereocenters. The van der Waals surface area contributed by atoms with Gasteiger partial charge in [-0.15, -0.1) is 0 Å². The van der Waals surface area contributed by atoms with Gasteiger partial charge < -0.3 is 9.79 Å². The van der Waals surface area contributed by atoms with Crippen molar-refractivity contribution < 1.29 is 43.2 Å². The minimum atomic E-state index is -4.78. The number of carbonyl (C=O) groups is 1. The van der Waals surface area contributed by atoms with Gasteiger partial charge in [0.05, 0.1) is 0 Å². The van der Waals surface area contributed by atoms with Crippen molar-refractivity contribution in [2.24, 2.45) is 0 Å². The third-order valence-electron chi connectivity index (χ3n) is 7.94. The van der Waals surface area contributed by atoms with Crippen LogP contribution in [0, 0.1) is 0 Å². The number of rotatable bonds is 12. The van der Waals surface area contributed by atoms with Gasteiger partial charge in [0, 0.05) is 0 Å². The van der Waals surface area contributed by atoms with Crippen molar-refractivity contribution in [2.45, 2.75) is 31.0 Å². The van der Waals surface area contributed by atoms with Crippen molar-refractivity contribution in [3.8, 4) is 0 Å². The standard InChI is InChI=1S/C32H36N2O8P2/c35-29-28(23-41-44(38,39)40)42-32(30(29)36)34-20-10-12-24(22-34)31(37)33-19-11-21-43(25-13-4-1-5-14-25,26-15-6-2-7-16-26)27-17-8-3-9-18-27/h1-10,12-18,20,22,28-30,32,35-36,43H,11,19,21,23H2,(H2-,33,37,38,39,40)/p+1/t28-,29-,30-,32-/m1/s1. The third-order valence-corrected chi connectivity index (χ3v) is 13.5. The van der Waals surface area contributed by atoms with Crippen molar-refractivity contribution in [1.29, 1.82) is 0 Å². The van der Waals surface area contributed by atoms with E-state index in [2.05, 4.69) is 82.6 Å². The molecule has 1 amide bonds. The van der Waals surface area contributed by atoms with Crippen molar-refractivity contribution in [3.05, 3.63) is 121 Å². The molecule has 10 nitrogen and oxygen atoms in total. The molecular formula is C32H37N2O8P2+. The molecule has 0 aliphatic carbocycles. The summed E-state index contributed by atoms with van der Waals surface area (Å²) >= 11 is 0. The normalized spacial score (nSPS) is 20.7. The fourth-order valence-electron chi connectivity index (χ4n) is 5.83. The minimum absolute atomic E-state index is 0.305. The summed E-state index contributed by atoms with van der Waals surface area (Å²) in [6.45, 7) is -0.169. The summed E-state index contributed by atoms with van der Waals surface area (Å²) in [7, 11) is -7.21. The van der Waals surface area contributed by atoms with E-state index in [1.807, 2.05) is 18.2 Å². The van der Waals surface area contributed by atoms with E-state index >= 15 is 0 Å². The van der Waals surface area contributed by atoms with Crippen molar-refractivity contribution in [2.75, 3.05) is 19.3 Å². The SMILES string of the molecule is O=C(NCCC[PH](c1ccccc1)(c1ccccc1)c1ccccc1)c1ccc[n+]([C@@H]2O[C@H](COP(=O)(O)O)[C@@H](O)[C@H]2O)c1. The summed E-state index contributed by atoms with van der Waals surface area (Å²) in [6.07, 6.45) is -0.425. The predicted octanol–water partition coefficient (Wildman–Crippen LogP) is 1.55. The summed E-state index contributed by atoms with van der Waals surface area (Å²) in [4.78, 5) is 31.1. The number of aliphatic hydroxyl groups is 2. The zero-order valence-corrected chi connectivity index (χ0v) is 25.8. The Kier molecular flexibility index (Phi) is 10.4. The number of aromatic nitrogens is 1. The molecule has 2 heterocycles. The number of ether oxygens (including phenoxy) is 1. The number of amides is 1. The van der Waals surface area contributed by atoms with Crippen LogP contribution < -0.4 is 25.8 Å². The second-order valence-electron chi connectivity index (χ2n) is 10.7. The van der Waals surface area contributed by atoms with Gasteiger partial charge in [0.2, 0.25) is 0 Å². The average Bonchev–Trinajstić information content (AvgIpc) is 3.34. The number of hydrogen-bond donors (Lipinski definition) is 5. The molecule has 4 aromatic rings. The molecule has 1 aromatic heterocycles.